The van der Waals surface area contributed by atoms with Crippen molar-refractivity contribution in [3.05, 3.63) is 70.8 Å². The second-order valence-electron chi connectivity index (χ2n) is 6.64. The molecule has 2 aromatic carbocycles. The highest BCUT2D eigenvalue weighted by Gasteiger charge is 2.10. The van der Waals surface area contributed by atoms with Crippen LogP contribution < -0.4 is 5.32 Å². The van der Waals surface area contributed by atoms with Crippen molar-refractivity contribution in [2.24, 2.45) is 5.92 Å². The SMILES string of the molecule is CC(C)CC(=O)Nc1ccc(C(=O)COC(=O)/C=C/c2ccc(Cl)cc2)cc1. The number of hydrogen-bond acceptors (Lipinski definition) is 4. The molecule has 0 saturated carbocycles. The standard InChI is InChI=1S/C22H22ClNO4/c1-15(2)13-21(26)24-19-10-6-17(7-11-19)20(25)14-28-22(27)12-5-16-3-8-18(23)9-4-16/h3-12,15H,13-14H2,1-2H3,(H,24,26)/b12-5+. The molecule has 0 heterocycles. The van der Waals surface area contributed by atoms with Crippen molar-refractivity contribution in [2.75, 3.05) is 11.9 Å². The zero-order valence-corrected chi connectivity index (χ0v) is 16.5. The Bertz CT molecular complexity index is 855. The molecule has 6 heteroatoms. The molecule has 146 valence electrons. The van der Waals surface area contributed by atoms with Gasteiger partial charge in [0.05, 0.1) is 0 Å². The Morgan fingerprint density at radius 1 is 1.04 bits per heavy atom. The van der Waals surface area contributed by atoms with Gasteiger partial charge in [-0.05, 0) is 54.0 Å². The van der Waals surface area contributed by atoms with E-state index in [0.29, 0.717) is 22.7 Å². The van der Waals surface area contributed by atoms with Gasteiger partial charge in [-0.3, -0.25) is 9.59 Å². The quantitative estimate of drug-likeness (QED) is 0.394. The van der Waals surface area contributed by atoms with Crippen LogP contribution in [-0.2, 0) is 14.3 Å². The molecule has 2 rings (SSSR count). The summed E-state index contributed by atoms with van der Waals surface area (Å²) in [5.41, 5.74) is 1.81. The van der Waals surface area contributed by atoms with E-state index in [9.17, 15) is 14.4 Å². The van der Waals surface area contributed by atoms with Gasteiger partial charge in [-0.1, -0.05) is 37.6 Å². The van der Waals surface area contributed by atoms with Gasteiger partial charge in [0.15, 0.2) is 12.4 Å². The maximum atomic E-state index is 12.1. The summed E-state index contributed by atoms with van der Waals surface area (Å²) in [5, 5.41) is 3.38. The van der Waals surface area contributed by atoms with E-state index < -0.39 is 5.97 Å². The number of benzene rings is 2. The van der Waals surface area contributed by atoms with Gasteiger partial charge in [0.2, 0.25) is 5.91 Å². The third-order valence-corrected chi connectivity index (χ3v) is 3.96. The van der Waals surface area contributed by atoms with Crippen molar-refractivity contribution in [2.45, 2.75) is 20.3 Å². The monoisotopic (exact) mass is 399 g/mol. The molecule has 0 saturated heterocycles. The number of ketones is 1. The summed E-state index contributed by atoms with van der Waals surface area (Å²) in [7, 11) is 0. The number of ether oxygens (including phenoxy) is 1. The number of anilines is 1. The minimum Gasteiger partial charge on any atom is -0.454 e. The van der Waals surface area contributed by atoms with Crippen LogP contribution in [-0.4, -0.2) is 24.3 Å². The molecule has 0 aliphatic heterocycles. The zero-order valence-electron chi connectivity index (χ0n) is 15.8. The number of carbonyl (C=O) groups excluding carboxylic acids is 3. The number of carbonyl (C=O) groups is 3. The van der Waals surface area contributed by atoms with Crippen LogP contribution in [0.1, 0.15) is 36.2 Å². The van der Waals surface area contributed by atoms with Gasteiger partial charge in [0.1, 0.15) is 0 Å². The summed E-state index contributed by atoms with van der Waals surface area (Å²) in [5.74, 6) is -0.742. The van der Waals surface area contributed by atoms with Gasteiger partial charge in [0, 0.05) is 28.8 Å². The number of hydrogen-bond donors (Lipinski definition) is 1. The van der Waals surface area contributed by atoms with Crippen molar-refractivity contribution < 1.29 is 19.1 Å². The van der Waals surface area contributed by atoms with Gasteiger partial charge in [-0.2, -0.15) is 0 Å². The number of esters is 1. The van der Waals surface area contributed by atoms with E-state index in [2.05, 4.69) is 5.32 Å². The fourth-order valence-corrected chi connectivity index (χ4v) is 2.45. The van der Waals surface area contributed by atoms with E-state index in [1.54, 1.807) is 54.6 Å². The van der Waals surface area contributed by atoms with Crippen molar-refractivity contribution in [1.29, 1.82) is 0 Å². The number of rotatable bonds is 8. The van der Waals surface area contributed by atoms with Crippen LogP contribution in [0.25, 0.3) is 6.08 Å². The van der Waals surface area contributed by atoms with Crippen molar-refractivity contribution >= 4 is 41.0 Å². The summed E-state index contributed by atoms with van der Waals surface area (Å²) in [6.45, 7) is 3.57. The molecular formula is C22H22ClNO4. The van der Waals surface area contributed by atoms with E-state index in [-0.39, 0.29) is 24.2 Å². The van der Waals surface area contributed by atoms with Gasteiger partial charge in [-0.15, -0.1) is 0 Å². The molecule has 0 fully saturated rings. The van der Waals surface area contributed by atoms with E-state index in [0.717, 1.165) is 5.56 Å². The summed E-state index contributed by atoms with van der Waals surface area (Å²) < 4.78 is 4.97. The van der Waals surface area contributed by atoms with Crippen LogP contribution in [0.3, 0.4) is 0 Å². The summed E-state index contributed by atoms with van der Waals surface area (Å²) in [4.78, 5) is 35.6. The fourth-order valence-electron chi connectivity index (χ4n) is 2.33. The highest BCUT2D eigenvalue weighted by molar-refractivity contribution is 6.30. The largest absolute Gasteiger partial charge is 0.454 e. The highest BCUT2D eigenvalue weighted by atomic mass is 35.5. The minimum atomic E-state index is -0.610. The molecule has 0 spiro atoms. The van der Waals surface area contributed by atoms with Crippen LogP contribution in [0.2, 0.25) is 5.02 Å². The van der Waals surface area contributed by atoms with Crippen LogP contribution in [0.4, 0.5) is 5.69 Å². The van der Waals surface area contributed by atoms with E-state index in [1.165, 1.54) is 6.08 Å². The smallest absolute Gasteiger partial charge is 0.331 e. The Labute approximate surface area is 169 Å². The normalized spacial score (nSPS) is 10.9. The third-order valence-electron chi connectivity index (χ3n) is 3.71. The first-order valence-electron chi connectivity index (χ1n) is 8.87. The number of halogens is 1. The Hall–Kier alpha value is -2.92. The lowest BCUT2D eigenvalue weighted by molar-refractivity contribution is -0.136. The molecule has 28 heavy (non-hydrogen) atoms. The van der Waals surface area contributed by atoms with Crippen molar-refractivity contribution in [3.63, 3.8) is 0 Å². The third kappa shape index (κ3) is 7.37. The Morgan fingerprint density at radius 2 is 1.68 bits per heavy atom. The molecule has 1 N–H and O–H groups in total. The second kappa shape index (κ2) is 10.4. The summed E-state index contributed by atoms with van der Waals surface area (Å²) >= 11 is 5.80. The van der Waals surface area contributed by atoms with Crippen LogP contribution in [0.15, 0.2) is 54.6 Å². The van der Waals surface area contributed by atoms with E-state index in [4.69, 9.17) is 16.3 Å². The van der Waals surface area contributed by atoms with Gasteiger partial charge < -0.3 is 10.1 Å². The molecule has 0 radical (unpaired) electrons. The lowest BCUT2D eigenvalue weighted by atomic mass is 10.1. The average Bonchev–Trinajstić information content (AvgIpc) is 2.65. The van der Waals surface area contributed by atoms with Crippen LogP contribution >= 0.6 is 11.6 Å². The fraction of sp³-hybridized carbons (Fsp3) is 0.227. The molecule has 0 aromatic heterocycles. The second-order valence-corrected chi connectivity index (χ2v) is 7.08. The molecular weight excluding hydrogens is 378 g/mol. The van der Waals surface area contributed by atoms with Gasteiger partial charge >= 0.3 is 5.97 Å². The topological polar surface area (TPSA) is 72.5 Å². The van der Waals surface area contributed by atoms with E-state index in [1.807, 2.05) is 13.8 Å². The lowest BCUT2D eigenvalue weighted by Gasteiger charge is -2.08. The first-order valence-corrected chi connectivity index (χ1v) is 9.25. The van der Waals surface area contributed by atoms with Crippen LogP contribution in [0, 0.1) is 5.92 Å². The first-order chi connectivity index (χ1) is 13.3. The molecule has 0 aliphatic carbocycles. The number of Topliss-reactive ketones (excluding diaryl/α,β-unsaturated/α-hetero) is 1. The predicted octanol–water partition coefficient (Wildman–Crippen LogP) is 4.76. The highest BCUT2D eigenvalue weighted by Crippen LogP contribution is 2.13. The summed E-state index contributed by atoms with van der Waals surface area (Å²) in [6, 6.07) is 13.4. The zero-order chi connectivity index (χ0) is 20.5. The molecule has 5 nitrogen and oxygen atoms in total. The average molecular weight is 400 g/mol. The molecule has 0 atom stereocenters. The summed E-state index contributed by atoms with van der Waals surface area (Å²) in [6.07, 6.45) is 3.27. The minimum absolute atomic E-state index is 0.0736. The number of amides is 1. The Balaban J connectivity index is 1.82. The van der Waals surface area contributed by atoms with E-state index >= 15 is 0 Å². The molecule has 0 unspecified atom stereocenters. The Kier molecular flexibility index (Phi) is 7.96. The first kappa shape index (κ1) is 21.4. The lowest BCUT2D eigenvalue weighted by Crippen LogP contribution is -2.14. The number of nitrogens with one attached hydrogen (secondary N) is 1. The van der Waals surface area contributed by atoms with Crippen molar-refractivity contribution in [3.8, 4) is 0 Å². The predicted molar refractivity (Wildman–Crippen MR) is 110 cm³/mol. The Morgan fingerprint density at radius 3 is 2.29 bits per heavy atom. The van der Waals surface area contributed by atoms with Gasteiger partial charge in [0.25, 0.3) is 0 Å². The van der Waals surface area contributed by atoms with Gasteiger partial charge in [-0.25, -0.2) is 4.79 Å². The van der Waals surface area contributed by atoms with Crippen molar-refractivity contribution in [1.82, 2.24) is 0 Å². The van der Waals surface area contributed by atoms with Crippen LogP contribution in [0.5, 0.6) is 0 Å². The molecule has 2 aromatic rings. The molecule has 0 aliphatic rings. The molecule has 0 bridgehead atoms. The molecule has 1 amide bonds. The maximum Gasteiger partial charge on any atom is 0.331 e. The maximum absolute atomic E-state index is 12.1.